The van der Waals surface area contributed by atoms with Gasteiger partial charge in [0.05, 0.1) is 11.7 Å². The number of rotatable bonds is 5. The Bertz CT molecular complexity index is 595. The predicted octanol–water partition coefficient (Wildman–Crippen LogP) is 2.46. The molecule has 1 N–H and O–H groups in total. The number of hydrogen-bond donors (Lipinski definition) is 1. The third-order valence-electron chi connectivity index (χ3n) is 3.14. The molecule has 0 bridgehead atoms. The summed E-state index contributed by atoms with van der Waals surface area (Å²) in [5, 5.41) is 14.0. The summed E-state index contributed by atoms with van der Waals surface area (Å²) in [6.45, 7) is 2.53. The minimum Gasteiger partial charge on any atom is -0.392 e. The molecule has 1 heterocycles. The maximum absolute atomic E-state index is 12.6. The van der Waals surface area contributed by atoms with Crippen LogP contribution in [0.15, 0.2) is 30.6 Å². The van der Waals surface area contributed by atoms with Crippen LogP contribution in [-0.4, -0.2) is 26.0 Å². The summed E-state index contributed by atoms with van der Waals surface area (Å²) in [6.07, 6.45) is -3.38. The van der Waals surface area contributed by atoms with E-state index >= 15 is 0 Å². The van der Waals surface area contributed by atoms with Crippen LogP contribution in [-0.2, 0) is 25.6 Å². The number of halogens is 3. The van der Waals surface area contributed by atoms with Crippen LogP contribution in [0.2, 0.25) is 0 Å². The first-order valence-electron chi connectivity index (χ1n) is 6.61. The quantitative estimate of drug-likeness (QED) is 0.922. The Morgan fingerprint density at radius 2 is 2.05 bits per heavy atom. The number of aryl methyl sites for hydroxylation is 1. The van der Waals surface area contributed by atoms with Gasteiger partial charge in [-0.25, -0.2) is 4.98 Å². The number of alkyl halides is 3. The third kappa shape index (κ3) is 4.04. The van der Waals surface area contributed by atoms with Crippen molar-refractivity contribution in [3.8, 4) is 0 Å². The van der Waals surface area contributed by atoms with Gasteiger partial charge in [0, 0.05) is 13.0 Å². The number of aliphatic hydroxyl groups excluding tert-OH is 1. The SMILES string of the molecule is CCn1ncnc1CC(O)Cc1cccc(C(F)(F)F)c1. The van der Waals surface area contributed by atoms with Gasteiger partial charge < -0.3 is 5.11 Å². The normalized spacial score (nSPS) is 13.4. The molecule has 1 atom stereocenters. The van der Waals surface area contributed by atoms with E-state index < -0.39 is 17.8 Å². The lowest BCUT2D eigenvalue weighted by Gasteiger charge is -2.12. The number of benzene rings is 1. The van der Waals surface area contributed by atoms with Crippen molar-refractivity contribution in [3.63, 3.8) is 0 Å². The number of aliphatic hydroxyl groups is 1. The van der Waals surface area contributed by atoms with Gasteiger partial charge in [-0.15, -0.1) is 0 Å². The second kappa shape index (κ2) is 6.26. The van der Waals surface area contributed by atoms with Crippen molar-refractivity contribution in [2.24, 2.45) is 0 Å². The Morgan fingerprint density at radius 1 is 1.29 bits per heavy atom. The van der Waals surface area contributed by atoms with Gasteiger partial charge >= 0.3 is 6.18 Å². The first-order valence-corrected chi connectivity index (χ1v) is 6.61. The molecule has 1 aromatic carbocycles. The molecule has 0 saturated heterocycles. The first-order chi connectivity index (χ1) is 9.90. The Hall–Kier alpha value is -1.89. The van der Waals surface area contributed by atoms with E-state index in [1.54, 1.807) is 10.7 Å². The summed E-state index contributed by atoms with van der Waals surface area (Å²) < 4.78 is 39.5. The largest absolute Gasteiger partial charge is 0.416 e. The van der Waals surface area contributed by atoms with Gasteiger partial charge in [-0.05, 0) is 25.0 Å². The van der Waals surface area contributed by atoms with E-state index in [2.05, 4.69) is 10.1 Å². The number of nitrogens with zero attached hydrogens (tertiary/aromatic N) is 3. The molecule has 7 heteroatoms. The zero-order chi connectivity index (χ0) is 15.5. The van der Waals surface area contributed by atoms with Gasteiger partial charge in [0.2, 0.25) is 0 Å². The van der Waals surface area contributed by atoms with Gasteiger partial charge in [0.1, 0.15) is 12.2 Å². The molecule has 2 aromatic rings. The summed E-state index contributed by atoms with van der Waals surface area (Å²) in [6, 6.07) is 5.00. The lowest BCUT2D eigenvalue weighted by atomic mass is 10.0. The highest BCUT2D eigenvalue weighted by Crippen LogP contribution is 2.29. The summed E-state index contributed by atoms with van der Waals surface area (Å²) in [5.41, 5.74) is -0.260. The number of hydrogen-bond acceptors (Lipinski definition) is 3. The van der Waals surface area contributed by atoms with Gasteiger partial charge in [0.15, 0.2) is 0 Å². The molecule has 21 heavy (non-hydrogen) atoms. The zero-order valence-corrected chi connectivity index (χ0v) is 11.5. The summed E-state index contributed by atoms with van der Waals surface area (Å²) >= 11 is 0. The molecule has 1 aromatic heterocycles. The number of aromatic nitrogens is 3. The van der Waals surface area contributed by atoms with E-state index in [1.165, 1.54) is 12.4 Å². The first kappa shape index (κ1) is 15.5. The van der Waals surface area contributed by atoms with E-state index in [0.29, 0.717) is 17.9 Å². The Balaban J connectivity index is 2.04. The third-order valence-corrected chi connectivity index (χ3v) is 3.14. The molecule has 0 aliphatic heterocycles. The highest BCUT2D eigenvalue weighted by Gasteiger charge is 2.30. The average Bonchev–Trinajstić information content (AvgIpc) is 2.85. The molecule has 0 fully saturated rings. The minimum atomic E-state index is -4.37. The second-order valence-corrected chi connectivity index (χ2v) is 4.75. The predicted molar refractivity (Wildman–Crippen MR) is 70.6 cm³/mol. The highest BCUT2D eigenvalue weighted by atomic mass is 19.4. The van der Waals surface area contributed by atoms with Crippen LogP contribution < -0.4 is 0 Å². The van der Waals surface area contributed by atoms with Crippen LogP contribution in [0.25, 0.3) is 0 Å². The fraction of sp³-hybridized carbons (Fsp3) is 0.429. The van der Waals surface area contributed by atoms with Gasteiger partial charge in [-0.3, -0.25) is 4.68 Å². The Morgan fingerprint density at radius 3 is 2.71 bits per heavy atom. The molecule has 2 rings (SSSR count). The molecular weight excluding hydrogens is 283 g/mol. The van der Waals surface area contributed by atoms with Crippen LogP contribution in [0.3, 0.4) is 0 Å². The van der Waals surface area contributed by atoms with E-state index in [4.69, 9.17) is 0 Å². The molecule has 1 unspecified atom stereocenters. The maximum Gasteiger partial charge on any atom is 0.416 e. The van der Waals surface area contributed by atoms with Crippen molar-refractivity contribution in [1.29, 1.82) is 0 Å². The molecule has 114 valence electrons. The Labute approximate surface area is 120 Å². The fourth-order valence-electron chi connectivity index (χ4n) is 2.14. The Kier molecular flexibility index (Phi) is 4.62. The molecule has 4 nitrogen and oxygen atoms in total. The molecular formula is C14H16F3N3O. The average molecular weight is 299 g/mol. The topological polar surface area (TPSA) is 50.9 Å². The van der Waals surface area contributed by atoms with Crippen LogP contribution in [0.5, 0.6) is 0 Å². The molecule has 0 spiro atoms. The van der Waals surface area contributed by atoms with Crippen molar-refractivity contribution in [3.05, 3.63) is 47.5 Å². The van der Waals surface area contributed by atoms with Gasteiger partial charge in [0.25, 0.3) is 0 Å². The van der Waals surface area contributed by atoms with Crippen LogP contribution >= 0.6 is 0 Å². The van der Waals surface area contributed by atoms with Gasteiger partial charge in [-0.2, -0.15) is 18.3 Å². The van der Waals surface area contributed by atoms with E-state index in [0.717, 1.165) is 12.1 Å². The molecule has 0 saturated carbocycles. The summed E-state index contributed by atoms with van der Waals surface area (Å²) in [5.74, 6) is 0.622. The van der Waals surface area contributed by atoms with Crippen molar-refractivity contribution in [1.82, 2.24) is 14.8 Å². The smallest absolute Gasteiger partial charge is 0.392 e. The van der Waals surface area contributed by atoms with E-state index in [9.17, 15) is 18.3 Å². The highest BCUT2D eigenvalue weighted by molar-refractivity contribution is 5.26. The standard InChI is InChI=1S/C14H16F3N3O/c1-2-20-13(18-9-19-20)8-12(21)7-10-4-3-5-11(6-10)14(15,16)17/h3-6,9,12,21H,2,7-8H2,1H3. The van der Waals surface area contributed by atoms with E-state index in [1.807, 2.05) is 6.92 Å². The second-order valence-electron chi connectivity index (χ2n) is 4.75. The summed E-state index contributed by atoms with van der Waals surface area (Å²) in [7, 11) is 0. The monoisotopic (exact) mass is 299 g/mol. The lowest BCUT2D eigenvalue weighted by molar-refractivity contribution is -0.137. The summed E-state index contributed by atoms with van der Waals surface area (Å²) in [4.78, 5) is 4.04. The molecule has 0 aliphatic carbocycles. The van der Waals surface area contributed by atoms with Crippen LogP contribution in [0.4, 0.5) is 13.2 Å². The van der Waals surface area contributed by atoms with Gasteiger partial charge in [-0.1, -0.05) is 18.2 Å². The zero-order valence-electron chi connectivity index (χ0n) is 11.5. The van der Waals surface area contributed by atoms with Crippen molar-refractivity contribution in [2.45, 2.75) is 38.6 Å². The van der Waals surface area contributed by atoms with Crippen molar-refractivity contribution >= 4 is 0 Å². The molecule has 0 radical (unpaired) electrons. The van der Waals surface area contributed by atoms with Crippen LogP contribution in [0.1, 0.15) is 23.9 Å². The maximum atomic E-state index is 12.6. The van der Waals surface area contributed by atoms with Crippen molar-refractivity contribution in [2.75, 3.05) is 0 Å². The molecule has 0 amide bonds. The molecule has 0 aliphatic rings. The van der Waals surface area contributed by atoms with Crippen molar-refractivity contribution < 1.29 is 18.3 Å². The van der Waals surface area contributed by atoms with Crippen LogP contribution in [0, 0.1) is 0 Å². The lowest BCUT2D eigenvalue weighted by Crippen LogP contribution is -2.18. The fourth-order valence-corrected chi connectivity index (χ4v) is 2.14. The van der Waals surface area contributed by atoms with E-state index in [-0.39, 0.29) is 12.8 Å². The minimum absolute atomic E-state index is 0.139.